The van der Waals surface area contributed by atoms with Gasteiger partial charge in [-0.3, -0.25) is 9.10 Å². The molecule has 0 aliphatic carbocycles. The van der Waals surface area contributed by atoms with E-state index < -0.39 is 10.0 Å². The molecule has 26 heavy (non-hydrogen) atoms. The Bertz CT molecular complexity index is 726. The lowest BCUT2D eigenvalue weighted by molar-refractivity contribution is -0.122. The maximum Gasteiger partial charge on any atom is 0.232 e. The van der Waals surface area contributed by atoms with Gasteiger partial charge in [0.25, 0.3) is 0 Å². The van der Waals surface area contributed by atoms with Crippen molar-refractivity contribution < 1.29 is 13.2 Å². The predicted molar refractivity (Wildman–Crippen MR) is 106 cm³/mol. The summed E-state index contributed by atoms with van der Waals surface area (Å²) in [7, 11) is -1.30. The van der Waals surface area contributed by atoms with E-state index in [4.69, 9.17) is 0 Å². The third kappa shape index (κ3) is 5.99. The highest BCUT2D eigenvalue weighted by Gasteiger charge is 2.21. The van der Waals surface area contributed by atoms with Gasteiger partial charge in [0, 0.05) is 19.0 Å². The van der Waals surface area contributed by atoms with E-state index in [0.717, 1.165) is 37.1 Å². The number of amides is 1. The van der Waals surface area contributed by atoms with Crippen LogP contribution < -0.4 is 9.62 Å². The van der Waals surface area contributed by atoms with Crippen molar-refractivity contribution >= 4 is 21.6 Å². The first kappa shape index (κ1) is 20.7. The van der Waals surface area contributed by atoms with Gasteiger partial charge < -0.3 is 10.2 Å². The van der Waals surface area contributed by atoms with Crippen LogP contribution in [-0.4, -0.2) is 58.2 Å². The standard InChI is InChI=1S/C19H31N3O3S/c1-15-7-8-16(2)18(14-15)22(26(4,24)25)11-5-6-19(23)20-17-9-12-21(3)13-10-17/h7-8,14,17H,5-6,9-13H2,1-4H3,(H,20,23). The Morgan fingerprint density at radius 2 is 1.92 bits per heavy atom. The summed E-state index contributed by atoms with van der Waals surface area (Å²) in [5, 5.41) is 3.08. The van der Waals surface area contributed by atoms with Crippen LogP contribution in [0.3, 0.4) is 0 Å². The minimum Gasteiger partial charge on any atom is -0.353 e. The van der Waals surface area contributed by atoms with Crippen molar-refractivity contribution in [2.45, 2.75) is 45.6 Å². The Labute approximate surface area is 157 Å². The number of likely N-dealkylation sites (tertiary alicyclic amines) is 1. The maximum absolute atomic E-state index is 12.2. The summed E-state index contributed by atoms with van der Waals surface area (Å²) < 4.78 is 25.9. The molecule has 0 radical (unpaired) electrons. The Balaban J connectivity index is 1.92. The molecule has 1 aliphatic rings. The number of piperidine rings is 1. The van der Waals surface area contributed by atoms with Gasteiger partial charge in [-0.2, -0.15) is 0 Å². The van der Waals surface area contributed by atoms with E-state index >= 15 is 0 Å². The number of nitrogens with zero attached hydrogens (tertiary/aromatic N) is 2. The van der Waals surface area contributed by atoms with Gasteiger partial charge in [-0.1, -0.05) is 12.1 Å². The van der Waals surface area contributed by atoms with Crippen molar-refractivity contribution in [3.63, 3.8) is 0 Å². The fraction of sp³-hybridized carbons (Fsp3) is 0.632. The lowest BCUT2D eigenvalue weighted by atomic mass is 10.1. The van der Waals surface area contributed by atoms with Crippen molar-refractivity contribution in [2.24, 2.45) is 0 Å². The maximum atomic E-state index is 12.2. The molecular formula is C19H31N3O3S. The van der Waals surface area contributed by atoms with Gasteiger partial charge in [-0.15, -0.1) is 0 Å². The van der Waals surface area contributed by atoms with Gasteiger partial charge in [-0.05, 0) is 70.4 Å². The molecule has 1 aliphatic heterocycles. The van der Waals surface area contributed by atoms with Gasteiger partial charge >= 0.3 is 0 Å². The Kier molecular flexibility index (Phi) is 7.06. The largest absolute Gasteiger partial charge is 0.353 e. The highest BCUT2D eigenvalue weighted by molar-refractivity contribution is 7.92. The molecule has 0 saturated carbocycles. The van der Waals surface area contributed by atoms with Crippen LogP contribution in [0.4, 0.5) is 5.69 Å². The molecule has 1 N–H and O–H groups in total. The molecule has 1 heterocycles. The van der Waals surface area contributed by atoms with Crippen LogP contribution in [0.5, 0.6) is 0 Å². The second kappa shape index (κ2) is 8.86. The summed E-state index contributed by atoms with van der Waals surface area (Å²) in [6, 6.07) is 6.02. The first-order chi connectivity index (χ1) is 12.2. The van der Waals surface area contributed by atoms with Gasteiger partial charge in [-0.25, -0.2) is 8.42 Å². The summed E-state index contributed by atoms with van der Waals surface area (Å²) in [4.78, 5) is 14.4. The number of nitrogens with one attached hydrogen (secondary N) is 1. The normalized spacial score (nSPS) is 16.5. The molecule has 0 atom stereocenters. The highest BCUT2D eigenvalue weighted by Crippen LogP contribution is 2.24. The van der Waals surface area contributed by atoms with Crippen molar-refractivity contribution in [1.82, 2.24) is 10.2 Å². The van der Waals surface area contributed by atoms with Gasteiger partial charge in [0.1, 0.15) is 0 Å². The minimum absolute atomic E-state index is 0.00830. The molecule has 146 valence electrons. The average molecular weight is 382 g/mol. The van der Waals surface area contributed by atoms with E-state index in [1.54, 1.807) is 0 Å². The first-order valence-electron chi connectivity index (χ1n) is 9.19. The summed E-state index contributed by atoms with van der Waals surface area (Å²) in [5.74, 6) is 0.00830. The fourth-order valence-electron chi connectivity index (χ4n) is 3.29. The lowest BCUT2D eigenvalue weighted by Gasteiger charge is -2.29. The number of anilines is 1. The van der Waals surface area contributed by atoms with Gasteiger partial charge in [0.2, 0.25) is 15.9 Å². The third-order valence-electron chi connectivity index (χ3n) is 4.88. The van der Waals surface area contributed by atoms with E-state index in [2.05, 4.69) is 17.3 Å². The van der Waals surface area contributed by atoms with E-state index in [9.17, 15) is 13.2 Å². The van der Waals surface area contributed by atoms with Gasteiger partial charge in [0.15, 0.2) is 0 Å². The van der Waals surface area contributed by atoms with Crippen LogP contribution in [0.25, 0.3) is 0 Å². The van der Waals surface area contributed by atoms with Crippen LogP contribution in [0.2, 0.25) is 0 Å². The number of carbonyl (C=O) groups is 1. The average Bonchev–Trinajstić information content (AvgIpc) is 2.55. The topological polar surface area (TPSA) is 69.7 Å². The summed E-state index contributed by atoms with van der Waals surface area (Å²) in [6.45, 7) is 6.15. The molecule has 0 aromatic heterocycles. The van der Waals surface area contributed by atoms with E-state index in [0.29, 0.717) is 25.1 Å². The van der Waals surface area contributed by atoms with Crippen LogP contribution in [0, 0.1) is 13.8 Å². The Hall–Kier alpha value is -1.60. The van der Waals surface area contributed by atoms with Crippen molar-refractivity contribution in [3.05, 3.63) is 29.3 Å². The molecular weight excluding hydrogens is 350 g/mol. The number of carbonyl (C=O) groups excluding carboxylic acids is 1. The number of aryl methyl sites for hydroxylation is 2. The molecule has 1 saturated heterocycles. The number of hydrogen-bond acceptors (Lipinski definition) is 4. The summed E-state index contributed by atoms with van der Waals surface area (Å²) in [5.41, 5.74) is 2.62. The Morgan fingerprint density at radius 1 is 1.27 bits per heavy atom. The van der Waals surface area contributed by atoms with Crippen molar-refractivity contribution in [2.75, 3.05) is 37.2 Å². The molecule has 0 unspecified atom stereocenters. The molecule has 1 aromatic rings. The van der Waals surface area contributed by atoms with Crippen LogP contribution in [0.1, 0.15) is 36.8 Å². The minimum atomic E-state index is -3.39. The van der Waals surface area contributed by atoms with E-state index in [1.165, 1.54) is 10.6 Å². The summed E-state index contributed by atoms with van der Waals surface area (Å²) >= 11 is 0. The lowest BCUT2D eigenvalue weighted by Crippen LogP contribution is -2.43. The predicted octanol–water partition coefficient (Wildman–Crippen LogP) is 2.06. The SMILES string of the molecule is Cc1ccc(C)c(N(CCCC(=O)NC2CCN(C)CC2)S(C)(=O)=O)c1. The monoisotopic (exact) mass is 381 g/mol. The van der Waals surface area contributed by atoms with Gasteiger partial charge in [0.05, 0.1) is 11.9 Å². The molecule has 2 rings (SSSR count). The fourth-order valence-corrected chi connectivity index (χ4v) is 4.30. The molecule has 1 amide bonds. The van der Waals surface area contributed by atoms with E-state index in [1.807, 2.05) is 32.0 Å². The number of benzene rings is 1. The van der Waals surface area contributed by atoms with Crippen LogP contribution in [0.15, 0.2) is 18.2 Å². The number of hydrogen-bond donors (Lipinski definition) is 1. The molecule has 1 aromatic carbocycles. The zero-order chi connectivity index (χ0) is 19.3. The molecule has 7 heteroatoms. The zero-order valence-corrected chi connectivity index (χ0v) is 17.1. The molecule has 6 nitrogen and oxygen atoms in total. The Morgan fingerprint density at radius 3 is 2.54 bits per heavy atom. The number of rotatable bonds is 7. The van der Waals surface area contributed by atoms with Crippen molar-refractivity contribution in [1.29, 1.82) is 0 Å². The van der Waals surface area contributed by atoms with E-state index in [-0.39, 0.29) is 11.9 Å². The van der Waals surface area contributed by atoms with Crippen molar-refractivity contribution in [3.8, 4) is 0 Å². The summed E-state index contributed by atoms with van der Waals surface area (Å²) in [6.07, 6.45) is 4.00. The third-order valence-corrected chi connectivity index (χ3v) is 6.06. The second-order valence-electron chi connectivity index (χ2n) is 7.37. The zero-order valence-electron chi connectivity index (χ0n) is 16.3. The second-order valence-corrected chi connectivity index (χ2v) is 9.28. The highest BCUT2D eigenvalue weighted by atomic mass is 32.2. The first-order valence-corrected chi connectivity index (χ1v) is 11.0. The molecule has 0 bridgehead atoms. The van der Waals surface area contributed by atoms with Crippen LogP contribution in [-0.2, 0) is 14.8 Å². The number of sulfonamides is 1. The van der Waals surface area contributed by atoms with Crippen LogP contribution >= 0.6 is 0 Å². The molecule has 1 fully saturated rings. The smallest absolute Gasteiger partial charge is 0.232 e. The molecule has 0 spiro atoms. The quantitative estimate of drug-likeness (QED) is 0.785.